The SMILES string of the molecule is O=C(COC(=O)[C@@H]1CC(O)CN1C(=O)C12CC3CC(CC(C3)C1)C2)c1ccc2c(c1)OCCCO2. The first-order chi connectivity index (χ1) is 16.9. The molecule has 2 aliphatic heterocycles. The lowest BCUT2D eigenvalue weighted by molar-refractivity contribution is -0.165. The summed E-state index contributed by atoms with van der Waals surface area (Å²) in [6.45, 7) is 0.793. The van der Waals surface area contributed by atoms with Crippen LogP contribution in [-0.4, -0.2) is 66.2 Å². The van der Waals surface area contributed by atoms with Crippen LogP contribution in [0.5, 0.6) is 11.5 Å². The summed E-state index contributed by atoms with van der Waals surface area (Å²) in [6, 6.07) is 4.09. The summed E-state index contributed by atoms with van der Waals surface area (Å²) in [6.07, 6.45) is 6.52. The van der Waals surface area contributed by atoms with Crippen molar-refractivity contribution in [2.75, 3.05) is 26.4 Å². The van der Waals surface area contributed by atoms with Gasteiger partial charge in [0.2, 0.25) is 5.91 Å². The van der Waals surface area contributed by atoms with Gasteiger partial charge in [-0.2, -0.15) is 0 Å². The molecule has 2 atom stereocenters. The first kappa shape index (κ1) is 22.8. The fourth-order valence-corrected chi connectivity index (χ4v) is 7.59. The number of nitrogens with zero attached hydrogens (tertiary/aromatic N) is 1. The Labute approximate surface area is 204 Å². The Bertz CT molecular complexity index is 1000. The van der Waals surface area contributed by atoms with Gasteiger partial charge in [-0.05, 0) is 74.5 Å². The van der Waals surface area contributed by atoms with Crippen LogP contribution in [0.2, 0.25) is 0 Å². The van der Waals surface area contributed by atoms with Crippen LogP contribution in [0.4, 0.5) is 0 Å². The van der Waals surface area contributed by atoms with E-state index in [-0.39, 0.29) is 24.7 Å². The molecule has 35 heavy (non-hydrogen) atoms. The monoisotopic (exact) mass is 483 g/mol. The van der Waals surface area contributed by atoms with Crippen molar-refractivity contribution in [3.63, 3.8) is 0 Å². The number of carbonyl (C=O) groups is 3. The highest BCUT2D eigenvalue weighted by atomic mass is 16.5. The lowest BCUT2D eigenvalue weighted by Gasteiger charge is -2.56. The molecule has 1 amide bonds. The highest BCUT2D eigenvalue weighted by Gasteiger charge is 2.57. The maximum absolute atomic E-state index is 13.8. The van der Waals surface area contributed by atoms with Crippen LogP contribution in [0.1, 0.15) is 61.7 Å². The second kappa shape index (κ2) is 8.80. The number of likely N-dealkylation sites (tertiary alicyclic amines) is 1. The van der Waals surface area contributed by atoms with Crippen molar-refractivity contribution in [3.8, 4) is 11.5 Å². The molecule has 1 N–H and O–H groups in total. The second-order valence-corrected chi connectivity index (χ2v) is 11.3. The zero-order valence-corrected chi connectivity index (χ0v) is 19.9. The third-order valence-corrected chi connectivity index (χ3v) is 8.72. The van der Waals surface area contributed by atoms with E-state index in [1.165, 1.54) is 19.3 Å². The fraction of sp³-hybridized carbons (Fsp3) is 0.667. The maximum atomic E-state index is 13.8. The molecule has 7 rings (SSSR count). The third kappa shape index (κ3) is 4.20. The molecule has 1 aromatic rings. The maximum Gasteiger partial charge on any atom is 0.329 e. The van der Waals surface area contributed by atoms with Gasteiger partial charge in [-0.25, -0.2) is 4.79 Å². The minimum absolute atomic E-state index is 0.00401. The zero-order chi connectivity index (χ0) is 24.2. The molecule has 1 aromatic carbocycles. The lowest BCUT2D eigenvalue weighted by atomic mass is 9.49. The standard InChI is InChI=1S/C27H33NO7/c29-20-10-21(28(14-20)26(32)27-11-16-6-17(12-27)8-18(7-16)13-27)25(31)35-15-22(30)19-2-3-23-24(9-19)34-5-1-4-33-23/h2-3,9,16-18,20-21,29H,1,4-8,10-15H2/t16?,17?,18?,20?,21-,27?/m0/s1. The molecule has 6 aliphatic rings. The number of ether oxygens (including phenoxy) is 3. The topological polar surface area (TPSA) is 102 Å². The molecule has 0 aromatic heterocycles. The molecular formula is C27H33NO7. The highest BCUT2D eigenvalue weighted by molar-refractivity contribution is 5.99. The number of hydrogen-bond donors (Lipinski definition) is 1. The van der Waals surface area contributed by atoms with Gasteiger partial charge >= 0.3 is 5.97 Å². The van der Waals surface area contributed by atoms with E-state index in [4.69, 9.17) is 14.2 Å². The molecule has 0 radical (unpaired) electrons. The average Bonchev–Trinajstić information content (AvgIpc) is 3.07. The number of amides is 1. The molecule has 4 aliphatic carbocycles. The van der Waals surface area contributed by atoms with Crippen LogP contribution in [0, 0.1) is 23.2 Å². The van der Waals surface area contributed by atoms with E-state index < -0.39 is 30.1 Å². The van der Waals surface area contributed by atoms with Crippen molar-refractivity contribution in [1.82, 2.24) is 4.90 Å². The van der Waals surface area contributed by atoms with E-state index in [1.54, 1.807) is 23.1 Å². The number of benzene rings is 1. The minimum atomic E-state index is -0.845. The Hall–Kier alpha value is -2.61. The summed E-state index contributed by atoms with van der Waals surface area (Å²) in [5, 5.41) is 10.3. The third-order valence-electron chi connectivity index (χ3n) is 8.72. The number of carbonyl (C=O) groups excluding carboxylic acids is 3. The molecule has 0 spiro atoms. The van der Waals surface area contributed by atoms with Gasteiger partial charge < -0.3 is 24.2 Å². The number of aliphatic hydroxyl groups excluding tert-OH is 1. The predicted molar refractivity (Wildman–Crippen MR) is 124 cm³/mol. The van der Waals surface area contributed by atoms with Crippen LogP contribution in [-0.2, 0) is 14.3 Å². The van der Waals surface area contributed by atoms with Gasteiger partial charge in [0.25, 0.3) is 0 Å². The number of hydrogen-bond acceptors (Lipinski definition) is 7. The van der Waals surface area contributed by atoms with Gasteiger partial charge in [0.1, 0.15) is 6.04 Å². The first-order valence-corrected chi connectivity index (χ1v) is 13.0. The number of esters is 1. The summed E-state index contributed by atoms with van der Waals surface area (Å²) in [7, 11) is 0. The largest absolute Gasteiger partial charge is 0.490 e. The summed E-state index contributed by atoms with van der Waals surface area (Å²) in [5.41, 5.74) is -0.0214. The van der Waals surface area contributed by atoms with Crippen LogP contribution >= 0.6 is 0 Å². The number of β-amino-alcohol motifs (C(OH)–C–C–N with tert-alkyl or cyclic N) is 1. The molecule has 1 unspecified atom stereocenters. The van der Waals surface area contributed by atoms with Gasteiger partial charge in [-0.15, -0.1) is 0 Å². The Morgan fingerprint density at radius 3 is 2.31 bits per heavy atom. The normalized spacial score (nSPS) is 35.0. The van der Waals surface area contributed by atoms with E-state index >= 15 is 0 Å². The molecule has 4 saturated carbocycles. The van der Waals surface area contributed by atoms with Crippen molar-refractivity contribution in [1.29, 1.82) is 0 Å². The lowest BCUT2D eigenvalue weighted by Crippen LogP contribution is -2.56. The zero-order valence-electron chi connectivity index (χ0n) is 19.9. The van der Waals surface area contributed by atoms with Crippen LogP contribution in [0.3, 0.4) is 0 Å². The van der Waals surface area contributed by atoms with Gasteiger partial charge in [0.15, 0.2) is 23.9 Å². The minimum Gasteiger partial charge on any atom is -0.490 e. The fourth-order valence-electron chi connectivity index (χ4n) is 7.59. The van der Waals surface area contributed by atoms with E-state index in [1.807, 2.05) is 0 Å². The quantitative estimate of drug-likeness (QED) is 0.508. The average molecular weight is 484 g/mol. The van der Waals surface area contributed by atoms with Gasteiger partial charge in [0.05, 0.1) is 24.7 Å². The molecule has 4 bridgehead atoms. The first-order valence-electron chi connectivity index (χ1n) is 13.0. The molecule has 8 heteroatoms. The smallest absolute Gasteiger partial charge is 0.329 e. The van der Waals surface area contributed by atoms with Gasteiger partial charge in [-0.1, -0.05) is 0 Å². The van der Waals surface area contributed by atoms with E-state index in [0.717, 1.165) is 25.7 Å². The van der Waals surface area contributed by atoms with Crippen LogP contribution < -0.4 is 9.47 Å². The Balaban J connectivity index is 1.12. The molecule has 5 fully saturated rings. The van der Waals surface area contributed by atoms with Crippen molar-refractivity contribution < 1.29 is 33.7 Å². The molecule has 188 valence electrons. The summed E-state index contributed by atoms with van der Waals surface area (Å²) in [4.78, 5) is 41.1. The van der Waals surface area contributed by atoms with Crippen molar-refractivity contribution >= 4 is 17.7 Å². The van der Waals surface area contributed by atoms with E-state index in [9.17, 15) is 19.5 Å². The van der Waals surface area contributed by atoms with E-state index in [2.05, 4.69) is 0 Å². The number of ketones is 1. The molecule has 2 heterocycles. The van der Waals surface area contributed by atoms with Crippen LogP contribution in [0.15, 0.2) is 18.2 Å². The molecular weight excluding hydrogens is 450 g/mol. The molecule has 8 nitrogen and oxygen atoms in total. The van der Waals surface area contributed by atoms with Crippen LogP contribution in [0.25, 0.3) is 0 Å². The Morgan fingerprint density at radius 2 is 1.63 bits per heavy atom. The van der Waals surface area contributed by atoms with Gasteiger partial charge in [-0.3, -0.25) is 9.59 Å². The predicted octanol–water partition coefficient (Wildman–Crippen LogP) is 2.75. The number of fused-ring (bicyclic) bond motifs is 1. The Kier molecular flexibility index (Phi) is 5.74. The second-order valence-electron chi connectivity index (χ2n) is 11.3. The summed E-state index contributed by atoms with van der Waals surface area (Å²) in [5.74, 6) is 1.95. The molecule has 1 saturated heterocycles. The number of Topliss-reactive ketones (excluding diaryl/α,β-unsaturated/α-hetero) is 1. The summed E-state index contributed by atoms with van der Waals surface area (Å²) >= 11 is 0. The van der Waals surface area contributed by atoms with Crippen molar-refractivity contribution in [2.24, 2.45) is 23.2 Å². The van der Waals surface area contributed by atoms with Gasteiger partial charge in [0, 0.05) is 24.9 Å². The van der Waals surface area contributed by atoms with Crippen molar-refractivity contribution in [2.45, 2.75) is 63.5 Å². The number of aliphatic hydroxyl groups is 1. The van der Waals surface area contributed by atoms with Crippen molar-refractivity contribution in [3.05, 3.63) is 23.8 Å². The Morgan fingerprint density at radius 1 is 0.971 bits per heavy atom. The summed E-state index contributed by atoms with van der Waals surface area (Å²) < 4.78 is 16.6. The van der Waals surface area contributed by atoms with E-state index in [0.29, 0.717) is 48.0 Å². The highest BCUT2D eigenvalue weighted by Crippen LogP contribution is 2.60. The number of rotatable bonds is 5.